The number of benzene rings is 1. The van der Waals surface area contributed by atoms with Crippen LogP contribution in [0.25, 0.3) is 0 Å². The van der Waals surface area contributed by atoms with E-state index in [1.54, 1.807) is 7.11 Å². The minimum Gasteiger partial charge on any atom is -0.409 e. The van der Waals surface area contributed by atoms with E-state index in [1.165, 1.54) is 11.1 Å². The lowest BCUT2D eigenvalue weighted by molar-refractivity contribution is 0.143. The van der Waals surface area contributed by atoms with Gasteiger partial charge in [-0.25, -0.2) is 0 Å². The van der Waals surface area contributed by atoms with Crippen LogP contribution in [0, 0.1) is 0 Å². The molecule has 0 heterocycles. The van der Waals surface area contributed by atoms with Crippen LogP contribution in [0.2, 0.25) is 0 Å². The van der Waals surface area contributed by atoms with E-state index in [9.17, 15) is 0 Å². The molecule has 1 aliphatic rings. The molecule has 0 aromatic heterocycles. The Morgan fingerprint density at radius 3 is 2.95 bits per heavy atom. The van der Waals surface area contributed by atoms with Crippen LogP contribution in [0.15, 0.2) is 29.4 Å². The Morgan fingerprint density at radius 2 is 2.25 bits per heavy atom. The SMILES string of the molecule is COCCN(CCC(N)=NO)CC1Cc2ccccc21. The van der Waals surface area contributed by atoms with Crippen LogP contribution in [-0.4, -0.2) is 49.3 Å². The Morgan fingerprint density at radius 1 is 1.45 bits per heavy atom. The molecular weight excluding hydrogens is 254 g/mol. The van der Waals surface area contributed by atoms with E-state index in [-0.39, 0.29) is 5.84 Å². The highest BCUT2D eigenvalue weighted by molar-refractivity contribution is 5.79. The fourth-order valence-electron chi connectivity index (χ4n) is 2.67. The van der Waals surface area contributed by atoms with Crippen molar-refractivity contribution in [1.82, 2.24) is 4.90 Å². The summed E-state index contributed by atoms with van der Waals surface area (Å²) in [5.74, 6) is 0.872. The topological polar surface area (TPSA) is 71.1 Å². The molecule has 0 amide bonds. The van der Waals surface area contributed by atoms with Crippen molar-refractivity contribution < 1.29 is 9.94 Å². The molecule has 1 aliphatic carbocycles. The number of amidine groups is 1. The van der Waals surface area contributed by atoms with E-state index in [0.717, 1.165) is 26.1 Å². The zero-order valence-corrected chi connectivity index (χ0v) is 12.0. The number of hydrogen-bond acceptors (Lipinski definition) is 4. The predicted molar refractivity (Wildman–Crippen MR) is 79.2 cm³/mol. The summed E-state index contributed by atoms with van der Waals surface area (Å²) in [4.78, 5) is 2.32. The van der Waals surface area contributed by atoms with Gasteiger partial charge < -0.3 is 15.7 Å². The highest BCUT2D eigenvalue weighted by Crippen LogP contribution is 2.35. The van der Waals surface area contributed by atoms with E-state index < -0.39 is 0 Å². The second kappa shape index (κ2) is 7.26. The van der Waals surface area contributed by atoms with Crippen molar-refractivity contribution in [3.05, 3.63) is 35.4 Å². The zero-order valence-electron chi connectivity index (χ0n) is 12.0. The third kappa shape index (κ3) is 3.71. The van der Waals surface area contributed by atoms with Crippen molar-refractivity contribution in [2.45, 2.75) is 18.8 Å². The standard InChI is InChI=1S/C15H23N3O2/c1-20-9-8-18(7-6-15(16)17-19)11-13-10-12-4-2-3-5-14(12)13/h2-5,13,19H,6-11H2,1H3,(H2,16,17). The van der Waals surface area contributed by atoms with Crippen LogP contribution in [0.4, 0.5) is 0 Å². The van der Waals surface area contributed by atoms with Crippen LogP contribution >= 0.6 is 0 Å². The molecule has 0 bridgehead atoms. The van der Waals surface area contributed by atoms with Gasteiger partial charge in [-0.05, 0) is 17.5 Å². The van der Waals surface area contributed by atoms with Gasteiger partial charge in [-0.15, -0.1) is 0 Å². The molecule has 5 nitrogen and oxygen atoms in total. The number of rotatable bonds is 8. The first-order chi connectivity index (χ1) is 9.74. The molecule has 0 aliphatic heterocycles. The third-order valence-electron chi connectivity index (χ3n) is 3.86. The molecule has 1 aromatic carbocycles. The smallest absolute Gasteiger partial charge is 0.140 e. The molecule has 110 valence electrons. The highest BCUT2D eigenvalue weighted by Gasteiger charge is 2.27. The van der Waals surface area contributed by atoms with Crippen LogP contribution in [0.3, 0.4) is 0 Å². The van der Waals surface area contributed by atoms with Crippen LogP contribution in [0.1, 0.15) is 23.5 Å². The summed E-state index contributed by atoms with van der Waals surface area (Å²) in [6, 6.07) is 8.60. The lowest BCUT2D eigenvalue weighted by Crippen LogP contribution is -2.37. The van der Waals surface area contributed by atoms with Gasteiger partial charge in [0.2, 0.25) is 0 Å². The number of hydrogen-bond donors (Lipinski definition) is 2. The Hall–Kier alpha value is -1.59. The summed E-state index contributed by atoms with van der Waals surface area (Å²) in [6.07, 6.45) is 1.72. The summed E-state index contributed by atoms with van der Waals surface area (Å²) >= 11 is 0. The van der Waals surface area contributed by atoms with E-state index in [2.05, 4.69) is 34.3 Å². The van der Waals surface area contributed by atoms with Crippen molar-refractivity contribution >= 4 is 5.84 Å². The van der Waals surface area contributed by atoms with Crippen molar-refractivity contribution in [2.75, 3.05) is 33.4 Å². The molecule has 20 heavy (non-hydrogen) atoms. The fourth-order valence-corrected chi connectivity index (χ4v) is 2.67. The molecule has 1 atom stereocenters. The number of methoxy groups -OCH3 is 1. The van der Waals surface area contributed by atoms with E-state index in [0.29, 0.717) is 18.9 Å². The second-order valence-electron chi connectivity index (χ2n) is 5.23. The molecule has 0 radical (unpaired) electrons. The molecule has 0 saturated heterocycles. The van der Waals surface area contributed by atoms with Crippen molar-refractivity contribution in [3.8, 4) is 0 Å². The third-order valence-corrected chi connectivity index (χ3v) is 3.86. The Kier molecular flexibility index (Phi) is 5.38. The number of nitrogens with two attached hydrogens (primary N) is 1. The fraction of sp³-hybridized carbons (Fsp3) is 0.533. The first kappa shape index (κ1) is 14.8. The normalized spacial score (nSPS) is 17.9. The Bertz CT molecular complexity index is 462. The second-order valence-corrected chi connectivity index (χ2v) is 5.23. The van der Waals surface area contributed by atoms with Gasteiger partial charge in [0.25, 0.3) is 0 Å². The molecule has 1 unspecified atom stereocenters. The molecule has 5 heteroatoms. The summed E-state index contributed by atoms with van der Waals surface area (Å²) in [5.41, 5.74) is 8.46. The van der Waals surface area contributed by atoms with Gasteiger partial charge in [-0.1, -0.05) is 29.4 Å². The highest BCUT2D eigenvalue weighted by atomic mass is 16.5. The average molecular weight is 277 g/mol. The molecule has 0 spiro atoms. The lowest BCUT2D eigenvalue weighted by atomic mass is 9.77. The van der Waals surface area contributed by atoms with Gasteiger partial charge in [0, 0.05) is 39.1 Å². The molecule has 0 saturated carbocycles. The maximum absolute atomic E-state index is 8.61. The first-order valence-corrected chi connectivity index (χ1v) is 7.00. The maximum atomic E-state index is 8.61. The summed E-state index contributed by atoms with van der Waals surface area (Å²) in [6.45, 7) is 3.36. The number of oxime groups is 1. The number of nitrogens with zero attached hydrogens (tertiary/aromatic N) is 2. The van der Waals surface area contributed by atoms with Gasteiger partial charge in [-0.3, -0.25) is 4.90 Å². The van der Waals surface area contributed by atoms with Gasteiger partial charge in [-0.2, -0.15) is 0 Å². The van der Waals surface area contributed by atoms with E-state index >= 15 is 0 Å². The van der Waals surface area contributed by atoms with Crippen molar-refractivity contribution in [2.24, 2.45) is 10.9 Å². The number of fused-ring (bicyclic) bond motifs is 1. The van der Waals surface area contributed by atoms with Gasteiger partial charge in [0.05, 0.1) is 6.61 Å². The van der Waals surface area contributed by atoms with Gasteiger partial charge in [0.1, 0.15) is 5.84 Å². The van der Waals surface area contributed by atoms with E-state index in [1.807, 2.05) is 0 Å². The molecular formula is C15H23N3O2. The summed E-state index contributed by atoms with van der Waals surface area (Å²) < 4.78 is 5.16. The predicted octanol–water partition coefficient (Wildman–Crippen LogP) is 1.41. The summed E-state index contributed by atoms with van der Waals surface area (Å²) in [5, 5.41) is 11.6. The van der Waals surface area contributed by atoms with Crippen molar-refractivity contribution in [1.29, 1.82) is 0 Å². The average Bonchev–Trinajstić information content (AvgIpc) is 2.46. The van der Waals surface area contributed by atoms with Crippen LogP contribution in [0.5, 0.6) is 0 Å². The van der Waals surface area contributed by atoms with Gasteiger partial charge >= 0.3 is 0 Å². The monoisotopic (exact) mass is 277 g/mol. The van der Waals surface area contributed by atoms with Gasteiger partial charge in [0.15, 0.2) is 0 Å². The Balaban J connectivity index is 1.88. The lowest BCUT2D eigenvalue weighted by Gasteiger charge is -2.34. The Labute approximate surface area is 120 Å². The molecule has 0 fully saturated rings. The van der Waals surface area contributed by atoms with E-state index in [4.69, 9.17) is 15.7 Å². The zero-order chi connectivity index (χ0) is 14.4. The molecule has 2 rings (SSSR count). The summed E-state index contributed by atoms with van der Waals surface area (Å²) in [7, 11) is 1.71. The van der Waals surface area contributed by atoms with Crippen molar-refractivity contribution in [3.63, 3.8) is 0 Å². The maximum Gasteiger partial charge on any atom is 0.140 e. The molecule has 1 aromatic rings. The minimum atomic E-state index is 0.279. The quantitative estimate of drug-likeness (QED) is 0.326. The largest absolute Gasteiger partial charge is 0.409 e. The minimum absolute atomic E-state index is 0.279. The van der Waals surface area contributed by atoms with Crippen LogP contribution in [-0.2, 0) is 11.2 Å². The first-order valence-electron chi connectivity index (χ1n) is 7.00. The number of ether oxygens (including phenoxy) is 1. The van der Waals surface area contributed by atoms with Crippen LogP contribution < -0.4 is 5.73 Å². The molecule has 3 N–H and O–H groups in total.